The van der Waals surface area contributed by atoms with Gasteiger partial charge in [0.15, 0.2) is 6.10 Å². The van der Waals surface area contributed by atoms with E-state index in [2.05, 4.69) is 81.5 Å². The van der Waals surface area contributed by atoms with Gasteiger partial charge in [-0.15, -0.1) is 0 Å². The van der Waals surface area contributed by atoms with Crippen molar-refractivity contribution < 1.29 is 23.8 Å². The maximum Gasteiger partial charge on any atom is 0.306 e. The minimum atomic E-state index is -0.547. The standard InChI is InChI=1S/C65H118O5/c1-4-7-10-13-16-19-22-25-28-31-33-35-37-40-43-46-49-52-55-58-64(66)69-62-63(61-68-60-57-54-51-48-45-42-39-36-32-29-26-23-20-17-14-11-8-5-2)70-65(67)59-56-53-50-47-44-41-38-34-30-27-24-21-18-15-12-9-6-3/h8,11,17,20,25-26,28-29,36,39,63H,4-7,9-10,12-16,18-19,21-24,27,30-35,37-38,40-62H2,1-3H3/b11-8-,20-17-,28-25-,29-26-,39-36-. The van der Waals surface area contributed by atoms with Gasteiger partial charge in [0.25, 0.3) is 0 Å². The monoisotopic (exact) mass is 979 g/mol. The summed E-state index contributed by atoms with van der Waals surface area (Å²) in [6.45, 7) is 7.73. The van der Waals surface area contributed by atoms with Crippen LogP contribution in [0.3, 0.4) is 0 Å². The number of hydrogen-bond acceptors (Lipinski definition) is 5. The van der Waals surface area contributed by atoms with Crippen molar-refractivity contribution in [3.8, 4) is 0 Å². The number of rotatable bonds is 57. The highest BCUT2D eigenvalue weighted by Crippen LogP contribution is 2.17. The molecule has 70 heavy (non-hydrogen) atoms. The summed E-state index contributed by atoms with van der Waals surface area (Å²) in [6, 6.07) is 0. The predicted octanol–water partition coefficient (Wildman–Crippen LogP) is 21.2. The second kappa shape index (κ2) is 60.9. The Morgan fingerprint density at radius 3 is 1.04 bits per heavy atom. The highest BCUT2D eigenvalue weighted by molar-refractivity contribution is 5.70. The van der Waals surface area contributed by atoms with Crippen molar-refractivity contribution in [2.75, 3.05) is 19.8 Å². The van der Waals surface area contributed by atoms with Crippen molar-refractivity contribution in [2.24, 2.45) is 0 Å². The van der Waals surface area contributed by atoms with E-state index < -0.39 is 6.10 Å². The van der Waals surface area contributed by atoms with Crippen molar-refractivity contribution in [2.45, 2.75) is 322 Å². The first-order chi connectivity index (χ1) is 34.6. The molecule has 0 amide bonds. The summed E-state index contributed by atoms with van der Waals surface area (Å²) in [7, 11) is 0. The summed E-state index contributed by atoms with van der Waals surface area (Å²) < 4.78 is 17.5. The molecule has 0 spiro atoms. The minimum Gasteiger partial charge on any atom is -0.462 e. The van der Waals surface area contributed by atoms with Gasteiger partial charge < -0.3 is 14.2 Å². The quantitative estimate of drug-likeness (QED) is 0.0345. The summed E-state index contributed by atoms with van der Waals surface area (Å²) in [5, 5.41) is 0. The zero-order valence-electron chi connectivity index (χ0n) is 47.0. The van der Waals surface area contributed by atoms with Crippen LogP contribution in [0.25, 0.3) is 0 Å². The number of ether oxygens (including phenoxy) is 3. The highest BCUT2D eigenvalue weighted by Gasteiger charge is 2.17. The maximum atomic E-state index is 12.9. The first-order valence-electron chi connectivity index (χ1n) is 30.8. The lowest BCUT2D eigenvalue weighted by molar-refractivity contribution is -0.163. The van der Waals surface area contributed by atoms with Gasteiger partial charge in [-0.1, -0.05) is 281 Å². The van der Waals surface area contributed by atoms with Gasteiger partial charge in [-0.3, -0.25) is 9.59 Å². The molecule has 0 bridgehead atoms. The number of carbonyl (C=O) groups excluding carboxylic acids is 2. The Balaban J connectivity index is 4.28. The van der Waals surface area contributed by atoms with Gasteiger partial charge in [-0.25, -0.2) is 0 Å². The van der Waals surface area contributed by atoms with Crippen LogP contribution in [0.1, 0.15) is 316 Å². The fourth-order valence-electron chi connectivity index (χ4n) is 8.97. The third kappa shape index (κ3) is 58.2. The first-order valence-corrected chi connectivity index (χ1v) is 30.8. The molecule has 1 unspecified atom stereocenters. The van der Waals surface area contributed by atoms with Crippen molar-refractivity contribution in [3.63, 3.8) is 0 Å². The van der Waals surface area contributed by atoms with Crippen LogP contribution < -0.4 is 0 Å². The first kappa shape index (κ1) is 67.6. The van der Waals surface area contributed by atoms with E-state index in [-0.39, 0.29) is 25.2 Å². The van der Waals surface area contributed by atoms with E-state index in [0.717, 1.165) is 70.6 Å². The van der Waals surface area contributed by atoms with Crippen LogP contribution in [0.4, 0.5) is 0 Å². The molecule has 0 radical (unpaired) electrons. The average molecular weight is 980 g/mol. The molecule has 408 valence electrons. The molecular weight excluding hydrogens is 861 g/mol. The van der Waals surface area contributed by atoms with Crippen LogP contribution in [0.15, 0.2) is 60.8 Å². The number of esters is 2. The van der Waals surface area contributed by atoms with Crippen LogP contribution in [-0.2, 0) is 23.8 Å². The summed E-state index contributed by atoms with van der Waals surface area (Å²) in [5.41, 5.74) is 0. The van der Waals surface area contributed by atoms with E-state index in [9.17, 15) is 9.59 Å². The summed E-state index contributed by atoms with van der Waals surface area (Å²) >= 11 is 0. The van der Waals surface area contributed by atoms with E-state index >= 15 is 0 Å². The lowest BCUT2D eigenvalue weighted by Gasteiger charge is -2.18. The lowest BCUT2D eigenvalue weighted by Crippen LogP contribution is -2.30. The Morgan fingerprint density at radius 2 is 0.643 bits per heavy atom. The summed E-state index contributed by atoms with van der Waals surface area (Å²) in [6.07, 6.45) is 78.2. The number of unbranched alkanes of at least 4 members (excludes halogenated alkanes) is 36. The largest absolute Gasteiger partial charge is 0.462 e. The number of allylic oxidation sites excluding steroid dienone is 10. The number of hydrogen-bond donors (Lipinski definition) is 0. The van der Waals surface area contributed by atoms with Crippen LogP contribution in [-0.4, -0.2) is 37.9 Å². The molecule has 0 aromatic carbocycles. The fourth-order valence-corrected chi connectivity index (χ4v) is 8.97. The molecule has 0 fully saturated rings. The molecule has 0 saturated heterocycles. The van der Waals surface area contributed by atoms with Crippen molar-refractivity contribution in [3.05, 3.63) is 60.8 Å². The Kier molecular flexibility index (Phi) is 58.8. The minimum absolute atomic E-state index is 0.0792. The van der Waals surface area contributed by atoms with Gasteiger partial charge in [0.2, 0.25) is 0 Å². The van der Waals surface area contributed by atoms with E-state index in [1.807, 2.05) is 0 Å². The fraction of sp³-hybridized carbons (Fsp3) is 0.815. The van der Waals surface area contributed by atoms with Crippen LogP contribution >= 0.6 is 0 Å². The second-order valence-electron chi connectivity index (χ2n) is 20.6. The van der Waals surface area contributed by atoms with E-state index in [1.165, 1.54) is 212 Å². The highest BCUT2D eigenvalue weighted by atomic mass is 16.6. The van der Waals surface area contributed by atoms with Crippen LogP contribution in [0.5, 0.6) is 0 Å². The average Bonchev–Trinajstić information content (AvgIpc) is 3.36. The third-order valence-electron chi connectivity index (χ3n) is 13.5. The van der Waals surface area contributed by atoms with Gasteiger partial charge in [0, 0.05) is 19.4 Å². The molecule has 0 heterocycles. The second-order valence-corrected chi connectivity index (χ2v) is 20.6. The molecule has 0 aliphatic heterocycles. The predicted molar refractivity (Wildman–Crippen MR) is 307 cm³/mol. The molecule has 0 aliphatic rings. The molecule has 5 nitrogen and oxygen atoms in total. The van der Waals surface area contributed by atoms with Crippen LogP contribution in [0.2, 0.25) is 0 Å². The van der Waals surface area contributed by atoms with E-state index in [4.69, 9.17) is 14.2 Å². The van der Waals surface area contributed by atoms with Gasteiger partial charge in [0.05, 0.1) is 6.61 Å². The van der Waals surface area contributed by atoms with Crippen molar-refractivity contribution >= 4 is 11.9 Å². The normalized spacial score (nSPS) is 12.6. The molecule has 0 aromatic rings. The maximum absolute atomic E-state index is 12.9. The van der Waals surface area contributed by atoms with Crippen LogP contribution in [0, 0.1) is 0 Å². The zero-order valence-corrected chi connectivity index (χ0v) is 47.0. The Hall–Kier alpha value is -2.40. The lowest BCUT2D eigenvalue weighted by atomic mass is 10.0. The Labute approximate surface area is 436 Å². The molecule has 5 heteroatoms. The molecule has 1 atom stereocenters. The summed E-state index contributed by atoms with van der Waals surface area (Å²) in [4.78, 5) is 25.6. The molecule has 0 N–H and O–H groups in total. The SMILES string of the molecule is CC/C=C\C/C=C\C/C=C\C/C=C\CCCCCCCOCC(COC(=O)CCCCCCCCCCC/C=C\CCCCCCCC)OC(=O)CCCCCCCCCCCCCCCCCCC. The third-order valence-corrected chi connectivity index (χ3v) is 13.5. The van der Waals surface area contributed by atoms with Crippen molar-refractivity contribution in [1.82, 2.24) is 0 Å². The Bertz CT molecular complexity index is 1200. The summed E-state index contributed by atoms with van der Waals surface area (Å²) in [5.74, 6) is -0.394. The molecule has 0 saturated carbocycles. The van der Waals surface area contributed by atoms with Gasteiger partial charge >= 0.3 is 11.9 Å². The van der Waals surface area contributed by atoms with E-state index in [1.54, 1.807) is 0 Å². The molecule has 0 rings (SSSR count). The number of carbonyl (C=O) groups is 2. The topological polar surface area (TPSA) is 61.8 Å². The zero-order chi connectivity index (χ0) is 50.6. The smallest absolute Gasteiger partial charge is 0.306 e. The van der Waals surface area contributed by atoms with Gasteiger partial charge in [-0.05, 0) is 83.5 Å². The van der Waals surface area contributed by atoms with E-state index in [0.29, 0.717) is 19.4 Å². The molecule has 0 aliphatic carbocycles. The Morgan fingerprint density at radius 1 is 0.329 bits per heavy atom. The molecular formula is C65H118O5. The van der Waals surface area contributed by atoms with Gasteiger partial charge in [0.1, 0.15) is 6.61 Å². The van der Waals surface area contributed by atoms with Gasteiger partial charge in [-0.2, -0.15) is 0 Å². The molecule has 0 aromatic heterocycles. The van der Waals surface area contributed by atoms with Crippen molar-refractivity contribution in [1.29, 1.82) is 0 Å².